The van der Waals surface area contributed by atoms with Crippen LogP contribution in [0.5, 0.6) is 0 Å². The quantitative estimate of drug-likeness (QED) is 0.362. The van der Waals surface area contributed by atoms with Gasteiger partial charge >= 0.3 is 13.6 Å². The highest BCUT2D eigenvalue weighted by Crippen LogP contribution is 2.33. The third-order valence-electron chi connectivity index (χ3n) is 2.25. The molecule has 0 aromatic carbocycles. The molecule has 108 valence electrons. The van der Waals surface area contributed by atoms with Crippen LogP contribution in [0.4, 0.5) is 0 Å². The van der Waals surface area contributed by atoms with E-state index in [1.807, 2.05) is 0 Å². The van der Waals surface area contributed by atoms with Crippen molar-refractivity contribution in [1.82, 2.24) is 0 Å². The molecule has 0 fully saturated rings. The van der Waals surface area contributed by atoms with Crippen LogP contribution in [0.25, 0.3) is 0 Å². The van der Waals surface area contributed by atoms with Gasteiger partial charge in [-0.15, -0.1) is 0 Å². The lowest BCUT2D eigenvalue weighted by molar-refractivity contribution is -0.149. The van der Waals surface area contributed by atoms with E-state index in [-0.39, 0.29) is 18.7 Å². The molecule has 0 bridgehead atoms. The highest BCUT2D eigenvalue weighted by atomic mass is 31.2. The summed E-state index contributed by atoms with van der Waals surface area (Å²) in [6.45, 7) is 3.96. The van der Waals surface area contributed by atoms with Gasteiger partial charge in [-0.1, -0.05) is 19.8 Å². The predicted octanol–water partition coefficient (Wildman–Crippen LogP) is 2.04. The second-order valence-corrected chi connectivity index (χ2v) is 5.84. The average Bonchev–Trinajstić information content (AvgIpc) is 2.23. The molecule has 0 aliphatic rings. The lowest BCUT2D eigenvalue weighted by Crippen LogP contribution is -2.17. The van der Waals surface area contributed by atoms with Crippen molar-refractivity contribution in [3.05, 3.63) is 0 Å². The fraction of sp³-hybridized carbons (Fsp3) is 0.909. The fourth-order valence-electron chi connectivity index (χ4n) is 1.29. The van der Waals surface area contributed by atoms with Crippen LogP contribution in [0, 0.1) is 0 Å². The van der Waals surface area contributed by atoms with E-state index in [9.17, 15) is 9.36 Å². The molecule has 0 spiro atoms. The maximum absolute atomic E-state index is 11.3. The van der Waals surface area contributed by atoms with Crippen molar-refractivity contribution in [3.63, 3.8) is 0 Å². The van der Waals surface area contributed by atoms with Crippen LogP contribution in [-0.4, -0.2) is 34.8 Å². The first-order valence-corrected chi connectivity index (χ1v) is 7.96. The molecule has 0 aromatic heterocycles. The molecule has 0 aromatic rings. The lowest BCUT2D eigenvalue weighted by Gasteiger charge is -2.13. The fourth-order valence-corrected chi connectivity index (χ4v) is 1.66. The van der Waals surface area contributed by atoms with Gasteiger partial charge in [0.15, 0.2) is 0 Å². The Morgan fingerprint density at radius 3 is 2.56 bits per heavy atom. The van der Waals surface area contributed by atoms with Gasteiger partial charge in [0.2, 0.25) is 0 Å². The SMILES string of the molecule is CCCCCC(=O)OC(C)CCOCP(=O)(O)O. The van der Waals surface area contributed by atoms with Crippen molar-refractivity contribution in [3.8, 4) is 0 Å². The first-order valence-electron chi connectivity index (χ1n) is 6.17. The molecule has 0 aliphatic carbocycles. The Kier molecular flexibility index (Phi) is 9.28. The minimum atomic E-state index is -4.10. The smallest absolute Gasteiger partial charge is 0.350 e. The first-order chi connectivity index (χ1) is 8.35. The normalized spacial score (nSPS) is 13.3. The Balaban J connectivity index is 3.55. The van der Waals surface area contributed by atoms with Crippen LogP contribution in [0.3, 0.4) is 0 Å². The summed E-state index contributed by atoms with van der Waals surface area (Å²) in [6.07, 6.45) is 2.85. The van der Waals surface area contributed by atoms with Crippen LogP contribution in [0.1, 0.15) is 46.0 Å². The van der Waals surface area contributed by atoms with E-state index in [1.54, 1.807) is 6.92 Å². The molecule has 1 unspecified atom stereocenters. The van der Waals surface area contributed by atoms with Gasteiger partial charge in [0.05, 0.1) is 6.61 Å². The minimum Gasteiger partial charge on any atom is -0.463 e. The van der Waals surface area contributed by atoms with E-state index >= 15 is 0 Å². The molecule has 0 heterocycles. The summed E-state index contributed by atoms with van der Waals surface area (Å²) >= 11 is 0. The Hall–Kier alpha value is -0.420. The number of carbonyl (C=O) groups is 1. The Morgan fingerprint density at radius 2 is 2.00 bits per heavy atom. The van der Waals surface area contributed by atoms with Gasteiger partial charge in [-0.3, -0.25) is 9.36 Å². The summed E-state index contributed by atoms with van der Waals surface area (Å²) in [7, 11) is -4.10. The van der Waals surface area contributed by atoms with Gasteiger partial charge in [0.25, 0.3) is 0 Å². The zero-order chi connectivity index (χ0) is 14.0. The number of unbranched alkanes of at least 4 members (excludes halogenated alkanes) is 2. The van der Waals surface area contributed by atoms with E-state index < -0.39 is 13.9 Å². The average molecular weight is 282 g/mol. The van der Waals surface area contributed by atoms with E-state index in [4.69, 9.17) is 19.3 Å². The number of carbonyl (C=O) groups excluding carboxylic acids is 1. The van der Waals surface area contributed by atoms with Gasteiger partial charge in [-0.05, 0) is 13.3 Å². The largest absolute Gasteiger partial charge is 0.463 e. The minimum absolute atomic E-state index is 0.161. The molecule has 7 heteroatoms. The topological polar surface area (TPSA) is 93.1 Å². The molecule has 6 nitrogen and oxygen atoms in total. The third-order valence-corrected chi connectivity index (χ3v) is 2.76. The van der Waals surface area contributed by atoms with Gasteiger partial charge < -0.3 is 19.3 Å². The highest BCUT2D eigenvalue weighted by molar-refractivity contribution is 7.51. The molecule has 0 saturated heterocycles. The van der Waals surface area contributed by atoms with Crippen molar-refractivity contribution in [2.24, 2.45) is 0 Å². The molecular weight excluding hydrogens is 259 g/mol. The Labute approximate surface area is 108 Å². The van der Waals surface area contributed by atoms with Crippen molar-refractivity contribution in [2.75, 3.05) is 13.0 Å². The molecule has 2 N–H and O–H groups in total. The van der Waals surface area contributed by atoms with Gasteiger partial charge in [-0.2, -0.15) is 0 Å². The molecular formula is C11H23O6P. The third kappa shape index (κ3) is 12.0. The second kappa shape index (κ2) is 9.50. The van der Waals surface area contributed by atoms with Crippen molar-refractivity contribution in [2.45, 2.75) is 52.1 Å². The summed E-state index contributed by atoms with van der Waals surface area (Å²) in [4.78, 5) is 28.4. The molecule has 0 saturated carbocycles. The highest BCUT2D eigenvalue weighted by Gasteiger charge is 2.14. The van der Waals surface area contributed by atoms with Crippen molar-refractivity contribution < 1.29 is 28.6 Å². The van der Waals surface area contributed by atoms with E-state index in [1.165, 1.54) is 0 Å². The molecule has 0 amide bonds. The second-order valence-electron chi connectivity index (χ2n) is 4.25. The van der Waals surface area contributed by atoms with Gasteiger partial charge in [0, 0.05) is 12.8 Å². The summed E-state index contributed by atoms with van der Waals surface area (Å²) in [6, 6.07) is 0. The van der Waals surface area contributed by atoms with Crippen LogP contribution < -0.4 is 0 Å². The van der Waals surface area contributed by atoms with E-state index in [0.717, 1.165) is 19.3 Å². The first kappa shape index (κ1) is 17.6. The van der Waals surface area contributed by atoms with Crippen LogP contribution in [0.2, 0.25) is 0 Å². The zero-order valence-electron chi connectivity index (χ0n) is 11.0. The Morgan fingerprint density at radius 1 is 1.33 bits per heavy atom. The summed E-state index contributed by atoms with van der Waals surface area (Å²) in [5.74, 6) is -0.231. The summed E-state index contributed by atoms with van der Waals surface area (Å²) in [5.41, 5.74) is 0. The Bertz CT molecular complexity index is 275. The van der Waals surface area contributed by atoms with E-state index in [0.29, 0.717) is 12.8 Å². The lowest BCUT2D eigenvalue weighted by atomic mass is 10.2. The van der Waals surface area contributed by atoms with Crippen LogP contribution >= 0.6 is 7.60 Å². The number of rotatable bonds is 10. The molecule has 1 atom stereocenters. The number of hydrogen-bond donors (Lipinski definition) is 2. The van der Waals surface area contributed by atoms with Crippen molar-refractivity contribution >= 4 is 13.6 Å². The molecule has 0 radical (unpaired) electrons. The standard InChI is InChI=1S/C11H23O6P/c1-3-4-5-6-11(12)17-10(2)7-8-16-9-18(13,14)15/h10H,3-9H2,1-2H3,(H2,13,14,15). The summed E-state index contributed by atoms with van der Waals surface area (Å²) in [5, 5.41) is 0. The monoisotopic (exact) mass is 282 g/mol. The van der Waals surface area contributed by atoms with Gasteiger partial charge in [0.1, 0.15) is 12.5 Å². The molecule has 18 heavy (non-hydrogen) atoms. The summed E-state index contributed by atoms with van der Waals surface area (Å²) < 4.78 is 20.4. The number of ether oxygens (including phenoxy) is 2. The van der Waals surface area contributed by atoms with E-state index in [2.05, 4.69) is 6.92 Å². The maximum Gasteiger partial charge on any atom is 0.350 e. The molecule has 0 rings (SSSR count). The number of esters is 1. The zero-order valence-corrected chi connectivity index (χ0v) is 11.9. The van der Waals surface area contributed by atoms with Gasteiger partial charge in [-0.25, -0.2) is 0 Å². The maximum atomic E-state index is 11.3. The number of hydrogen-bond acceptors (Lipinski definition) is 4. The predicted molar refractivity (Wildman–Crippen MR) is 67.2 cm³/mol. The van der Waals surface area contributed by atoms with Crippen LogP contribution in [0.15, 0.2) is 0 Å². The van der Waals surface area contributed by atoms with Crippen molar-refractivity contribution in [1.29, 1.82) is 0 Å². The van der Waals surface area contributed by atoms with Crippen LogP contribution in [-0.2, 0) is 18.8 Å². The molecule has 0 aliphatic heterocycles.